The Morgan fingerprint density at radius 1 is 1.10 bits per heavy atom. The van der Waals surface area contributed by atoms with Crippen LogP contribution >= 0.6 is 0 Å². The Labute approximate surface area is 167 Å². The van der Waals surface area contributed by atoms with Gasteiger partial charge in [0.25, 0.3) is 0 Å². The average Bonchev–Trinajstić information content (AvgIpc) is 3.20. The summed E-state index contributed by atoms with van der Waals surface area (Å²) in [4.78, 5) is 0. The van der Waals surface area contributed by atoms with Crippen LogP contribution < -0.4 is 0 Å². The molecule has 0 unspecified atom stereocenters. The molecule has 0 aliphatic heterocycles. The van der Waals surface area contributed by atoms with Crippen molar-refractivity contribution < 1.29 is 14.6 Å². The number of nitrogens with zero attached hydrogens (tertiary/aromatic N) is 4. The molecule has 0 saturated heterocycles. The normalized spacial score (nSPS) is 12.0. The van der Waals surface area contributed by atoms with Gasteiger partial charge in [-0.2, -0.15) is 0 Å². The largest absolute Gasteiger partial charge is 0.494 e. The monoisotopic (exact) mass is 394 g/mol. The van der Waals surface area contributed by atoms with Crippen LogP contribution in [0.1, 0.15) is 26.0 Å². The van der Waals surface area contributed by atoms with Crippen molar-refractivity contribution in [3.8, 4) is 22.8 Å². The summed E-state index contributed by atoms with van der Waals surface area (Å²) in [6.45, 7) is 5.92. The van der Waals surface area contributed by atoms with Gasteiger partial charge in [-0.3, -0.25) is 0 Å². The van der Waals surface area contributed by atoms with E-state index < -0.39 is 5.60 Å². The molecule has 0 bridgehead atoms. The first-order chi connectivity index (χ1) is 13.7. The number of aromatic hydroxyl groups is 1. The van der Waals surface area contributed by atoms with Gasteiger partial charge in [-0.1, -0.05) is 11.3 Å². The topological polar surface area (TPSA) is 76.1 Å². The smallest absolute Gasteiger partial charge is 0.199 e. The lowest BCUT2D eigenvalue weighted by molar-refractivity contribution is 0.0657. The fourth-order valence-corrected chi connectivity index (χ4v) is 3.39. The minimum Gasteiger partial charge on any atom is -0.494 e. The average molecular weight is 394 g/mol. The van der Waals surface area contributed by atoms with E-state index in [1.54, 1.807) is 35.2 Å². The van der Waals surface area contributed by atoms with E-state index >= 15 is 0 Å². The molecule has 0 radical (unpaired) electrons. The zero-order chi connectivity index (χ0) is 20.8. The van der Waals surface area contributed by atoms with E-state index in [0.717, 1.165) is 33.4 Å². The Bertz CT molecular complexity index is 1170. The fraction of sp³-hybridized carbons (Fsp3) is 0.273. The van der Waals surface area contributed by atoms with E-state index in [1.165, 1.54) is 12.1 Å². The van der Waals surface area contributed by atoms with E-state index in [9.17, 15) is 14.6 Å². The van der Waals surface area contributed by atoms with Crippen LogP contribution in [0.3, 0.4) is 0 Å². The number of aryl methyl sites for hydroxylation is 1. The summed E-state index contributed by atoms with van der Waals surface area (Å²) in [5.41, 5.74) is 2.37. The lowest BCUT2D eigenvalue weighted by atomic mass is 10.1. The van der Waals surface area contributed by atoms with Gasteiger partial charge in [-0.25, -0.2) is 9.07 Å². The van der Waals surface area contributed by atoms with E-state index in [4.69, 9.17) is 0 Å². The summed E-state index contributed by atoms with van der Waals surface area (Å²) in [6.07, 6.45) is 2.40. The van der Waals surface area contributed by atoms with Gasteiger partial charge in [-0.05, 0) is 63.6 Å². The highest BCUT2D eigenvalue weighted by Crippen LogP contribution is 2.32. The minimum absolute atomic E-state index is 0.183. The third kappa shape index (κ3) is 3.73. The Morgan fingerprint density at radius 2 is 1.83 bits per heavy atom. The summed E-state index contributed by atoms with van der Waals surface area (Å²) in [7, 11) is 0. The summed E-state index contributed by atoms with van der Waals surface area (Å²) >= 11 is 0. The predicted octanol–water partition coefficient (Wildman–Crippen LogP) is 4.20. The molecule has 2 aromatic carbocycles. The lowest BCUT2D eigenvalue weighted by Crippen LogP contribution is -2.20. The van der Waals surface area contributed by atoms with E-state index in [2.05, 4.69) is 10.3 Å². The maximum atomic E-state index is 13.2. The number of hydrogen-bond acceptors (Lipinski definition) is 4. The number of aromatic nitrogens is 4. The maximum absolute atomic E-state index is 13.2. The number of aliphatic hydroxyl groups is 1. The summed E-state index contributed by atoms with van der Waals surface area (Å²) in [5.74, 6) is -0.117. The van der Waals surface area contributed by atoms with Crippen LogP contribution in [-0.4, -0.2) is 35.4 Å². The molecule has 7 heteroatoms. The number of rotatable bonds is 5. The third-order valence-corrected chi connectivity index (χ3v) is 5.06. The molecular formula is C22H23FN4O2. The van der Waals surface area contributed by atoms with Crippen molar-refractivity contribution in [1.82, 2.24) is 19.6 Å². The first-order valence-corrected chi connectivity index (χ1v) is 9.46. The van der Waals surface area contributed by atoms with Gasteiger partial charge in [0.2, 0.25) is 0 Å². The van der Waals surface area contributed by atoms with Crippen LogP contribution in [0.25, 0.3) is 27.7 Å². The first-order valence-electron chi connectivity index (χ1n) is 9.46. The molecule has 6 nitrogen and oxygen atoms in total. The van der Waals surface area contributed by atoms with Crippen LogP contribution in [0.4, 0.5) is 4.39 Å². The number of halogens is 1. The molecule has 2 N–H and O–H groups in total. The maximum Gasteiger partial charge on any atom is 0.199 e. The zero-order valence-corrected chi connectivity index (χ0v) is 16.6. The zero-order valence-electron chi connectivity index (χ0n) is 16.6. The molecule has 0 saturated carbocycles. The third-order valence-electron chi connectivity index (χ3n) is 5.06. The highest BCUT2D eigenvalue weighted by atomic mass is 19.1. The summed E-state index contributed by atoms with van der Waals surface area (Å²) < 4.78 is 16.6. The second-order valence-electron chi connectivity index (χ2n) is 7.92. The first kappa shape index (κ1) is 19.1. The molecule has 0 amide bonds. The molecule has 4 rings (SSSR count). The molecule has 0 aliphatic carbocycles. The van der Waals surface area contributed by atoms with Crippen LogP contribution in [0, 0.1) is 12.7 Å². The van der Waals surface area contributed by atoms with E-state index in [1.807, 2.05) is 31.3 Å². The van der Waals surface area contributed by atoms with Crippen molar-refractivity contribution in [3.63, 3.8) is 0 Å². The van der Waals surface area contributed by atoms with E-state index in [-0.39, 0.29) is 11.7 Å². The molecule has 29 heavy (non-hydrogen) atoms. The van der Waals surface area contributed by atoms with Gasteiger partial charge in [0.05, 0.1) is 17.0 Å². The predicted molar refractivity (Wildman–Crippen MR) is 110 cm³/mol. The van der Waals surface area contributed by atoms with Crippen molar-refractivity contribution in [1.29, 1.82) is 0 Å². The van der Waals surface area contributed by atoms with Crippen LogP contribution in [-0.2, 0) is 6.54 Å². The lowest BCUT2D eigenvalue weighted by Gasteiger charge is -2.17. The molecule has 4 aromatic rings. The molecule has 2 heterocycles. The Morgan fingerprint density at radius 3 is 2.52 bits per heavy atom. The van der Waals surface area contributed by atoms with Gasteiger partial charge in [0.1, 0.15) is 11.5 Å². The molecule has 0 aliphatic rings. The number of benzene rings is 2. The second kappa shape index (κ2) is 7.00. The molecule has 0 spiro atoms. The molecule has 0 fully saturated rings. The van der Waals surface area contributed by atoms with Crippen molar-refractivity contribution in [3.05, 3.63) is 60.2 Å². The SMILES string of the molecule is Cc1c(-c2ccc3c(O)n(CCC(C)(C)O)cc3c2)nnn1-c1ccc(F)cc1. The standard InChI is InChI=1S/C22H23FN4O2/c1-14-20(24-25-27(14)18-7-5-17(23)6-8-18)15-4-9-19-16(12-15)13-26(21(19)28)11-10-22(2,3)29/h4-9,12-13,28-29H,10-11H2,1-3H3. The molecule has 2 aromatic heterocycles. The molecule has 0 atom stereocenters. The van der Waals surface area contributed by atoms with Gasteiger partial charge < -0.3 is 14.8 Å². The Hall–Kier alpha value is -3.19. The highest BCUT2D eigenvalue weighted by molar-refractivity contribution is 5.91. The van der Waals surface area contributed by atoms with E-state index in [0.29, 0.717) is 13.0 Å². The minimum atomic E-state index is -0.802. The summed E-state index contributed by atoms with van der Waals surface area (Å²) in [5, 5.41) is 30.6. The van der Waals surface area contributed by atoms with Crippen molar-refractivity contribution in [2.75, 3.05) is 0 Å². The highest BCUT2D eigenvalue weighted by Gasteiger charge is 2.17. The number of hydrogen-bond donors (Lipinski definition) is 2. The quantitative estimate of drug-likeness (QED) is 0.532. The molecular weight excluding hydrogens is 371 g/mol. The van der Waals surface area contributed by atoms with Crippen LogP contribution in [0.5, 0.6) is 5.88 Å². The Kier molecular flexibility index (Phi) is 4.62. The van der Waals surface area contributed by atoms with Crippen LogP contribution in [0.2, 0.25) is 0 Å². The summed E-state index contributed by atoms with van der Waals surface area (Å²) in [6, 6.07) is 11.8. The van der Waals surface area contributed by atoms with Crippen molar-refractivity contribution in [2.24, 2.45) is 0 Å². The van der Waals surface area contributed by atoms with Gasteiger partial charge >= 0.3 is 0 Å². The Balaban J connectivity index is 1.69. The van der Waals surface area contributed by atoms with Crippen LogP contribution in [0.15, 0.2) is 48.7 Å². The fourth-order valence-electron chi connectivity index (χ4n) is 3.39. The van der Waals surface area contributed by atoms with Gasteiger partial charge in [0.15, 0.2) is 5.88 Å². The van der Waals surface area contributed by atoms with Crippen molar-refractivity contribution in [2.45, 2.75) is 39.3 Å². The number of fused-ring (bicyclic) bond motifs is 1. The van der Waals surface area contributed by atoms with Gasteiger partial charge in [0, 0.05) is 29.1 Å². The molecule has 150 valence electrons. The van der Waals surface area contributed by atoms with Crippen molar-refractivity contribution >= 4 is 10.8 Å². The van der Waals surface area contributed by atoms with Gasteiger partial charge in [-0.15, -0.1) is 5.10 Å². The second-order valence-corrected chi connectivity index (χ2v) is 7.92.